The Labute approximate surface area is 619 Å². The van der Waals surface area contributed by atoms with Gasteiger partial charge in [-0.05, 0) is 31.6 Å². The normalized spacial score (nSPS) is 13.8. The van der Waals surface area contributed by atoms with E-state index in [0.29, 0.717) is 31.6 Å². The summed E-state index contributed by atoms with van der Waals surface area (Å²) in [5.41, 5.74) is 0. The average molecular weight is 1480 g/mol. The molecule has 0 aliphatic carbocycles. The SMILES string of the molecule is CCCCCCCCCCCCCCCCCCCCCCC(=O)O[C@H](COC(=O)CCCCCCCCCCCCCCCCCCCC)COP(=O)(O)OC[C@@H](O)COP(=O)(O)OC[C@@H](COC(=O)CCCCCCCCC(C)C)OC(=O)CCCCCCCCCCCCCCCC. The zero-order valence-corrected chi connectivity index (χ0v) is 67.8. The first-order valence-electron chi connectivity index (χ1n) is 42.6. The second-order valence-electron chi connectivity index (χ2n) is 30.0. The molecule has 0 saturated carbocycles. The van der Waals surface area contributed by atoms with Crippen molar-refractivity contribution in [2.24, 2.45) is 5.92 Å². The van der Waals surface area contributed by atoms with Crippen LogP contribution in [0.3, 0.4) is 0 Å². The molecule has 0 aromatic heterocycles. The lowest BCUT2D eigenvalue weighted by Gasteiger charge is -2.21. The quantitative estimate of drug-likeness (QED) is 0.0222. The number of hydrogen-bond acceptors (Lipinski definition) is 15. The first kappa shape index (κ1) is 99.1. The third-order valence-electron chi connectivity index (χ3n) is 19.3. The molecule has 0 saturated heterocycles. The number of carbonyl (C=O) groups is 4. The fourth-order valence-electron chi connectivity index (χ4n) is 12.8. The lowest BCUT2D eigenvalue weighted by molar-refractivity contribution is -0.161. The van der Waals surface area contributed by atoms with E-state index in [4.69, 9.17) is 37.0 Å². The standard InChI is InChI=1S/C82H160O17P2/c1-6-9-12-15-18-21-24-27-30-32-34-35-37-39-42-45-48-51-58-63-68-81(86)98-77(71-92-79(84)65-60-55-49-46-43-41-38-36-33-31-28-25-22-19-16-13-10-7-2)73-96-100(88,89)94-69-76(83)70-95-101(90,91)97-74-78(72-93-80(85)66-61-56-53-52-54-59-64-75(4)5)99-82(87)67-62-57-50-47-44-40-29-26-23-20-17-14-11-8-3/h75-78,83H,6-74H2,1-5H3,(H,88,89)(H,90,91)/t76-,77-,78-/m1/s1. The van der Waals surface area contributed by atoms with Crippen molar-refractivity contribution in [3.63, 3.8) is 0 Å². The van der Waals surface area contributed by atoms with E-state index in [9.17, 15) is 43.2 Å². The number of carbonyl (C=O) groups excluding carboxylic acids is 4. The maximum absolute atomic E-state index is 13.1. The molecule has 600 valence electrons. The number of aliphatic hydroxyl groups is 1. The Hall–Kier alpha value is -1.94. The molecular formula is C82H160O17P2. The molecule has 0 bridgehead atoms. The predicted molar refractivity (Wildman–Crippen MR) is 414 cm³/mol. The molecule has 0 spiro atoms. The molecule has 0 rings (SSSR count). The van der Waals surface area contributed by atoms with Crippen LogP contribution in [0.2, 0.25) is 0 Å². The molecule has 5 atom stereocenters. The summed E-state index contributed by atoms with van der Waals surface area (Å²) in [4.78, 5) is 73.0. The van der Waals surface area contributed by atoms with Crippen molar-refractivity contribution in [2.45, 2.75) is 457 Å². The summed E-state index contributed by atoms with van der Waals surface area (Å²) in [6.07, 6.45) is 66.8. The van der Waals surface area contributed by atoms with E-state index in [1.165, 1.54) is 257 Å². The van der Waals surface area contributed by atoms with Crippen LogP contribution in [0.25, 0.3) is 0 Å². The maximum Gasteiger partial charge on any atom is 0.472 e. The molecule has 19 heteroatoms. The van der Waals surface area contributed by atoms with Crippen LogP contribution in [0, 0.1) is 5.92 Å². The van der Waals surface area contributed by atoms with Gasteiger partial charge in [-0.25, -0.2) is 9.13 Å². The first-order valence-corrected chi connectivity index (χ1v) is 45.6. The van der Waals surface area contributed by atoms with Crippen LogP contribution < -0.4 is 0 Å². The molecule has 0 amide bonds. The summed E-state index contributed by atoms with van der Waals surface area (Å²) in [5.74, 6) is -1.43. The fraction of sp³-hybridized carbons (Fsp3) is 0.951. The number of esters is 4. The van der Waals surface area contributed by atoms with Crippen molar-refractivity contribution < 1.29 is 80.2 Å². The van der Waals surface area contributed by atoms with Crippen LogP contribution in [-0.4, -0.2) is 96.7 Å². The number of unbranched alkanes of at least 4 members (excludes halogenated alkanes) is 54. The van der Waals surface area contributed by atoms with Crippen molar-refractivity contribution >= 4 is 39.5 Å². The number of rotatable bonds is 82. The zero-order chi connectivity index (χ0) is 74.1. The summed E-state index contributed by atoms with van der Waals surface area (Å²) >= 11 is 0. The van der Waals surface area contributed by atoms with Crippen molar-refractivity contribution in [1.82, 2.24) is 0 Å². The molecule has 101 heavy (non-hydrogen) atoms. The van der Waals surface area contributed by atoms with Crippen LogP contribution >= 0.6 is 15.6 Å². The third kappa shape index (κ3) is 76.1. The molecule has 0 aromatic carbocycles. The van der Waals surface area contributed by atoms with E-state index < -0.39 is 97.5 Å². The Kier molecular flexibility index (Phi) is 73.5. The number of phosphoric ester groups is 2. The summed E-state index contributed by atoms with van der Waals surface area (Å²) in [6.45, 7) is 7.26. The summed E-state index contributed by atoms with van der Waals surface area (Å²) < 4.78 is 68.7. The van der Waals surface area contributed by atoms with E-state index >= 15 is 0 Å². The van der Waals surface area contributed by atoms with Crippen molar-refractivity contribution in [2.75, 3.05) is 39.6 Å². The largest absolute Gasteiger partial charge is 0.472 e. The molecule has 17 nitrogen and oxygen atoms in total. The van der Waals surface area contributed by atoms with Gasteiger partial charge in [-0.1, -0.05) is 388 Å². The van der Waals surface area contributed by atoms with Crippen molar-refractivity contribution in [1.29, 1.82) is 0 Å². The molecule has 0 fully saturated rings. The fourth-order valence-corrected chi connectivity index (χ4v) is 14.3. The van der Waals surface area contributed by atoms with E-state index in [1.54, 1.807) is 0 Å². The summed E-state index contributed by atoms with van der Waals surface area (Å²) in [7, 11) is -9.92. The number of hydrogen-bond donors (Lipinski definition) is 3. The average Bonchev–Trinajstić information content (AvgIpc) is 0.934. The van der Waals surface area contributed by atoms with Crippen LogP contribution in [0.5, 0.6) is 0 Å². The van der Waals surface area contributed by atoms with Gasteiger partial charge in [0.2, 0.25) is 0 Å². The van der Waals surface area contributed by atoms with Crippen LogP contribution in [-0.2, 0) is 65.4 Å². The van der Waals surface area contributed by atoms with Gasteiger partial charge in [0.25, 0.3) is 0 Å². The van der Waals surface area contributed by atoms with Crippen LogP contribution in [0.15, 0.2) is 0 Å². The Balaban J connectivity index is 5.21. The monoisotopic (exact) mass is 1480 g/mol. The van der Waals surface area contributed by atoms with Crippen molar-refractivity contribution in [3.8, 4) is 0 Å². The minimum atomic E-state index is -4.96. The number of phosphoric acid groups is 2. The molecule has 0 aliphatic rings. The molecular weight excluding hydrogens is 1320 g/mol. The Morgan fingerprint density at radius 3 is 0.673 bits per heavy atom. The van der Waals surface area contributed by atoms with Gasteiger partial charge in [0.15, 0.2) is 12.2 Å². The molecule has 0 heterocycles. The van der Waals surface area contributed by atoms with E-state index in [1.807, 2.05) is 0 Å². The molecule has 3 N–H and O–H groups in total. The van der Waals surface area contributed by atoms with Gasteiger partial charge in [0, 0.05) is 25.7 Å². The summed E-state index contributed by atoms with van der Waals surface area (Å²) in [5, 5.41) is 10.6. The Morgan fingerprint density at radius 1 is 0.267 bits per heavy atom. The zero-order valence-electron chi connectivity index (χ0n) is 66.1. The Morgan fingerprint density at radius 2 is 0.455 bits per heavy atom. The minimum absolute atomic E-state index is 0.107. The van der Waals surface area contributed by atoms with Crippen molar-refractivity contribution in [3.05, 3.63) is 0 Å². The highest BCUT2D eigenvalue weighted by molar-refractivity contribution is 7.47. The second kappa shape index (κ2) is 74.9. The lowest BCUT2D eigenvalue weighted by atomic mass is 10.0. The number of aliphatic hydroxyl groups excluding tert-OH is 1. The maximum atomic E-state index is 13.1. The van der Waals surface area contributed by atoms with E-state index in [-0.39, 0.29) is 25.7 Å². The Bertz CT molecular complexity index is 1930. The molecule has 0 aliphatic heterocycles. The van der Waals surface area contributed by atoms with Gasteiger partial charge in [-0.15, -0.1) is 0 Å². The van der Waals surface area contributed by atoms with Gasteiger partial charge >= 0.3 is 39.5 Å². The molecule has 0 aromatic rings. The predicted octanol–water partition coefficient (Wildman–Crippen LogP) is 24.8. The highest BCUT2D eigenvalue weighted by Crippen LogP contribution is 2.45. The van der Waals surface area contributed by atoms with Gasteiger partial charge < -0.3 is 33.8 Å². The van der Waals surface area contributed by atoms with Gasteiger partial charge in [0.1, 0.15) is 19.3 Å². The molecule has 0 radical (unpaired) electrons. The van der Waals surface area contributed by atoms with Crippen LogP contribution in [0.4, 0.5) is 0 Å². The van der Waals surface area contributed by atoms with E-state index in [2.05, 4.69) is 34.6 Å². The molecule has 2 unspecified atom stereocenters. The topological polar surface area (TPSA) is 237 Å². The van der Waals surface area contributed by atoms with E-state index in [0.717, 1.165) is 96.3 Å². The third-order valence-corrected chi connectivity index (χ3v) is 21.2. The highest BCUT2D eigenvalue weighted by Gasteiger charge is 2.30. The van der Waals surface area contributed by atoms with Gasteiger partial charge in [0.05, 0.1) is 26.4 Å². The lowest BCUT2D eigenvalue weighted by Crippen LogP contribution is -2.30. The van der Waals surface area contributed by atoms with Crippen LogP contribution in [0.1, 0.15) is 439 Å². The number of ether oxygens (including phenoxy) is 4. The van der Waals surface area contributed by atoms with Gasteiger partial charge in [-0.2, -0.15) is 0 Å². The van der Waals surface area contributed by atoms with Gasteiger partial charge in [-0.3, -0.25) is 37.3 Å². The summed E-state index contributed by atoms with van der Waals surface area (Å²) in [6, 6.07) is 0. The first-order chi connectivity index (χ1) is 49.0. The second-order valence-corrected chi connectivity index (χ2v) is 32.9. The highest BCUT2D eigenvalue weighted by atomic mass is 31.2. The minimum Gasteiger partial charge on any atom is -0.462 e. The smallest absolute Gasteiger partial charge is 0.462 e.